The van der Waals surface area contributed by atoms with Gasteiger partial charge < -0.3 is 10.2 Å². The number of amides is 1. The first-order chi connectivity index (χ1) is 8.25. The Kier molecular flexibility index (Phi) is 3.40. The van der Waals surface area contributed by atoms with Crippen LogP contribution in [0.4, 0.5) is 0 Å². The Morgan fingerprint density at radius 2 is 2.24 bits per heavy atom. The molecule has 5 heteroatoms. The van der Waals surface area contributed by atoms with Gasteiger partial charge in [-0.25, -0.2) is 0 Å². The van der Waals surface area contributed by atoms with Gasteiger partial charge in [-0.2, -0.15) is 0 Å². The topological polar surface area (TPSA) is 32.3 Å². The molecule has 1 aromatic heterocycles. The van der Waals surface area contributed by atoms with Crippen molar-refractivity contribution in [3.8, 4) is 0 Å². The minimum atomic E-state index is 0.236. The van der Waals surface area contributed by atoms with E-state index in [0.29, 0.717) is 12.1 Å². The number of fused-ring (bicyclic) bond motifs is 2. The van der Waals surface area contributed by atoms with Crippen molar-refractivity contribution in [3.05, 3.63) is 19.9 Å². The van der Waals surface area contributed by atoms with Crippen molar-refractivity contribution >= 4 is 39.8 Å². The maximum absolute atomic E-state index is 12.5. The van der Waals surface area contributed by atoms with Gasteiger partial charge in [-0.3, -0.25) is 4.79 Å². The van der Waals surface area contributed by atoms with Crippen molar-refractivity contribution in [1.29, 1.82) is 0 Å². The second-order valence-electron chi connectivity index (χ2n) is 4.73. The van der Waals surface area contributed by atoms with Gasteiger partial charge in [0.25, 0.3) is 5.91 Å². The van der Waals surface area contributed by atoms with Crippen LogP contribution in [0.1, 0.15) is 29.6 Å². The van der Waals surface area contributed by atoms with E-state index < -0.39 is 0 Å². The molecule has 2 fully saturated rings. The fraction of sp³-hybridized carbons (Fsp3) is 0.583. The van der Waals surface area contributed by atoms with Crippen LogP contribution in [0.2, 0.25) is 0 Å². The first-order valence-electron chi connectivity index (χ1n) is 6.03. The molecular weight excluding hydrogens is 347 g/mol. The Hall–Kier alpha value is -0.140. The van der Waals surface area contributed by atoms with Crippen molar-refractivity contribution in [2.24, 2.45) is 0 Å². The van der Waals surface area contributed by atoms with Gasteiger partial charge in [0.05, 0.1) is 8.45 Å². The fourth-order valence-electron chi connectivity index (χ4n) is 2.89. The van der Waals surface area contributed by atoms with Crippen molar-refractivity contribution in [2.75, 3.05) is 13.1 Å². The maximum Gasteiger partial charge on any atom is 0.255 e. The summed E-state index contributed by atoms with van der Waals surface area (Å²) >= 11 is 3.92. The van der Waals surface area contributed by atoms with Gasteiger partial charge in [0.2, 0.25) is 0 Å². The molecule has 3 heterocycles. The van der Waals surface area contributed by atoms with Crippen molar-refractivity contribution in [3.63, 3.8) is 0 Å². The third kappa shape index (κ3) is 2.24. The van der Waals surface area contributed by atoms with E-state index in [1.54, 1.807) is 11.3 Å². The molecule has 0 aliphatic carbocycles. The number of carbonyl (C=O) groups is 1. The molecule has 0 radical (unpaired) electrons. The van der Waals surface area contributed by atoms with Crippen LogP contribution in [0.5, 0.6) is 0 Å². The summed E-state index contributed by atoms with van der Waals surface area (Å²) in [5, 5.41) is 5.42. The molecule has 17 heavy (non-hydrogen) atoms. The van der Waals surface area contributed by atoms with E-state index in [0.717, 1.165) is 31.5 Å². The summed E-state index contributed by atoms with van der Waals surface area (Å²) in [6, 6.07) is 2.87. The number of rotatable bonds is 1. The lowest BCUT2D eigenvalue weighted by Crippen LogP contribution is -2.42. The Labute approximate surface area is 119 Å². The number of carbonyl (C=O) groups excluding carboxylic acids is 1. The molecule has 92 valence electrons. The Bertz CT molecular complexity index is 420. The van der Waals surface area contributed by atoms with Gasteiger partial charge >= 0.3 is 0 Å². The standard InChI is InChI=1S/C12H15IN2OS/c13-11-5-8(7-17-11)12(16)15-9-1-2-10(15)6-14-4-3-9/h5,7,9-10,14H,1-4,6H2. The average molecular weight is 362 g/mol. The summed E-state index contributed by atoms with van der Waals surface area (Å²) < 4.78 is 1.19. The van der Waals surface area contributed by atoms with Crippen LogP contribution in [0.15, 0.2) is 11.4 Å². The molecule has 1 amide bonds. The van der Waals surface area contributed by atoms with Gasteiger partial charge in [-0.15, -0.1) is 11.3 Å². The molecule has 2 unspecified atom stereocenters. The Morgan fingerprint density at radius 3 is 3.00 bits per heavy atom. The SMILES string of the molecule is O=C(c1csc(I)c1)N1C2CCNCC1CC2. The molecule has 0 spiro atoms. The van der Waals surface area contributed by atoms with Crippen LogP contribution < -0.4 is 5.32 Å². The number of thiophene rings is 1. The molecule has 3 nitrogen and oxygen atoms in total. The Balaban J connectivity index is 1.85. The highest BCUT2D eigenvalue weighted by Crippen LogP contribution is 2.30. The molecule has 3 rings (SSSR count). The van der Waals surface area contributed by atoms with E-state index in [-0.39, 0.29) is 5.91 Å². The van der Waals surface area contributed by atoms with E-state index in [2.05, 4.69) is 32.8 Å². The maximum atomic E-state index is 12.5. The van der Waals surface area contributed by atoms with Crippen LogP contribution >= 0.6 is 33.9 Å². The zero-order valence-corrected chi connectivity index (χ0v) is 12.5. The predicted molar refractivity (Wildman–Crippen MR) is 77.5 cm³/mol. The third-order valence-electron chi connectivity index (χ3n) is 3.70. The van der Waals surface area contributed by atoms with Crippen LogP contribution in [0, 0.1) is 2.88 Å². The third-order valence-corrected chi connectivity index (χ3v) is 5.49. The molecule has 0 saturated carbocycles. The van der Waals surface area contributed by atoms with E-state index in [1.807, 2.05) is 11.4 Å². The van der Waals surface area contributed by atoms with Gasteiger partial charge in [-0.1, -0.05) is 0 Å². The quantitative estimate of drug-likeness (QED) is 0.778. The zero-order chi connectivity index (χ0) is 11.8. The summed E-state index contributed by atoms with van der Waals surface area (Å²) in [6.07, 6.45) is 3.44. The number of hydrogen-bond acceptors (Lipinski definition) is 3. The predicted octanol–water partition coefficient (Wildman–Crippen LogP) is 2.32. The van der Waals surface area contributed by atoms with Gasteiger partial charge in [-0.05, 0) is 54.5 Å². The number of nitrogens with one attached hydrogen (secondary N) is 1. The van der Waals surface area contributed by atoms with Crippen molar-refractivity contribution < 1.29 is 4.79 Å². The van der Waals surface area contributed by atoms with E-state index >= 15 is 0 Å². The number of halogens is 1. The smallest absolute Gasteiger partial charge is 0.255 e. The largest absolute Gasteiger partial charge is 0.331 e. The second-order valence-corrected chi connectivity index (χ2v) is 7.54. The number of nitrogens with zero attached hydrogens (tertiary/aromatic N) is 1. The molecule has 1 N–H and O–H groups in total. The normalized spacial score (nSPS) is 28.2. The summed E-state index contributed by atoms with van der Waals surface area (Å²) in [7, 11) is 0. The minimum Gasteiger partial charge on any atom is -0.331 e. The van der Waals surface area contributed by atoms with E-state index in [4.69, 9.17) is 0 Å². The lowest BCUT2D eigenvalue weighted by molar-refractivity contribution is 0.0681. The molecule has 2 aliphatic rings. The first-order valence-corrected chi connectivity index (χ1v) is 7.99. The van der Waals surface area contributed by atoms with Crippen LogP contribution in [-0.4, -0.2) is 36.0 Å². The summed E-state index contributed by atoms with van der Waals surface area (Å²) in [6.45, 7) is 2.01. The van der Waals surface area contributed by atoms with Crippen LogP contribution in [0.3, 0.4) is 0 Å². The lowest BCUT2D eigenvalue weighted by atomic mass is 10.1. The fourth-order valence-corrected chi connectivity index (χ4v) is 4.21. The molecule has 2 aliphatic heterocycles. The molecule has 2 atom stereocenters. The van der Waals surface area contributed by atoms with Crippen LogP contribution in [-0.2, 0) is 0 Å². The summed E-state index contributed by atoms with van der Waals surface area (Å²) in [5.74, 6) is 0.236. The van der Waals surface area contributed by atoms with Gasteiger partial charge in [0.15, 0.2) is 0 Å². The number of hydrogen-bond donors (Lipinski definition) is 1. The molecule has 1 aromatic rings. The average Bonchev–Trinajstić information content (AvgIpc) is 2.81. The van der Waals surface area contributed by atoms with E-state index in [1.165, 1.54) is 9.30 Å². The summed E-state index contributed by atoms with van der Waals surface area (Å²) in [5.41, 5.74) is 0.873. The zero-order valence-electron chi connectivity index (χ0n) is 9.49. The second kappa shape index (κ2) is 4.85. The highest BCUT2D eigenvalue weighted by Gasteiger charge is 2.38. The molecular formula is C12H15IN2OS. The van der Waals surface area contributed by atoms with Crippen molar-refractivity contribution in [2.45, 2.75) is 31.3 Å². The van der Waals surface area contributed by atoms with E-state index in [9.17, 15) is 4.79 Å². The lowest BCUT2D eigenvalue weighted by Gasteiger charge is -2.27. The molecule has 0 aromatic carbocycles. The monoisotopic (exact) mass is 362 g/mol. The highest BCUT2D eigenvalue weighted by molar-refractivity contribution is 14.1. The highest BCUT2D eigenvalue weighted by atomic mass is 127. The molecule has 2 saturated heterocycles. The van der Waals surface area contributed by atoms with Gasteiger partial charge in [0, 0.05) is 24.0 Å². The van der Waals surface area contributed by atoms with Crippen molar-refractivity contribution in [1.82, 2.24) is 10.2 Å². The minimum absolute atomic E-state index is 0.236. The molecule has 2 bridgehead atoms. The van der Waals surface area contributed by atoms with Gasteiger partial charge in [0.1, 0.15) is 0 Å². The first kappa shape index (κ1) is 11.9. The van der Waals surface area contributed by atoms with Crippen LogP contribution in [0.25, 0.3) is 0 Å². The Morgan fingerprint density at radius 1 is 1.41 bits per heavy atom. The summed E-state index contributed by atoms with van der Waals surface area (Å²) in [4.78, 5) is 14.7.